The van der Waals surface area contributed by atoms with Crippen LogP contribution in [0.5, 0.6) is 0 Å². The largest absolute Gasteiger partial charge is 0.460 e. The van der Waals surface area contributed by atoms with Crippen LogP contribution in [0.25, 0.3) is 0 Å². The van der Waals surface area contributed by atoms with Crippen LogP contribution in [0.4, 0.5) is 0 Å². The molecule has 0 saturated heterocycles. The Labute approximate surface area is 82.6 Å². The smallest absolute Gasteiger partial charge is 0.321 e. The summed E-state index contributed by atoms with van der Waals surface area (Å²) >= 11 is 5.30. The van der Waals surface area contributed by atoms with Crippen LogP contribution < -0.4 is 0 Å². The lowest BCUT2D eigenvalue weighted by Gasteiger charge is -2.26. The molecule has 0 aromatic carbocycles. The minimum Gasteiger partial charge on any atom is -0.460 e. The first kappa shape index (κ1) is 10.3. The van der Waals surface area contributed by atoms with Crippen molar-refractivity contribution in [2.75, 3.05) is 5.88 Å². The number of ether oxygens (including phenoxy) is 1. The van der Waals surface area contributed by atoms with Crippen molar-refractivity contribution in [2.45, 2.75) is 31.8 Å². The normalized spacial score (nSPS) is 27.7. The van der Waals surface area contributed by atoms with E-state index in [0.29, 0.717) is 0 Å². The summed E-state index contributed by atoms with van der Waals surface area (Å²) in [4.78, 5) is 10.9. The van der Waals surface area contributed by atoms with Crippen molar-refractivity contribution in [2.24, 2.45) is 5.92 Å². The molecule has 1 aliphatic rings. The highest BCUT2D eigenvalue weighted by Gasteiger charge is 2.27. The van der Waals surface area contributed by atoms with E-state index in [9.17, 15) is 4.79 Å². The lowest BCUT2D eigenvalue weighted by molar-refractivity contribution is -0.149. The fourth-order valence-electron chi connectivity index (χ4n) is 1.59. The van der Waals surface area contributed by atoms with Crippen molar-refractivity contribution in [3.8, 4) is 6.07 Å². The second-order valence-electron chi connectivity index (χ2n) is 3.18. The Hall–Kier alpha value is -0.750. The lowest BCUT2D eigenvalue weighted by atomic mass is 9.87. The fourth-order valence-corrected chi connectivity index (χ4v) is 1.65. The second kappa shape index (κ2) is 5.08. The van der Waals surface area contributed by atoms with Crippen molar-refractivity contribution in [3.05, 3.63) is 0 Å². The average Bonchev–Trinajstić information content (AvgIpc) is 2.18. The Morgan fingerprint density at radius 1 is 1.54 bits per heavy atom. The van der Waals surface area contributed by atoms with Gasteiger partial charge in [0.25, 0.3) is 0 Å². The molecule has 0 spiro atoms. The van der Waals surface area contributed by atoms with Crippen LogP contribution >= 0.6 is 11.6 Å². The molecular weight excluding hydrogens is 190 g/mol. The minimum atomic E-state index is -0.422. The molecule has 2 atom stereocenters. The number of nitrogens with zero attached hydrogens (tertiary/aromatic N) is 1. The number of carbonyl (C=O) groups is 1. The molecule has 72 valence electrons. The summed E-state index contributed by atoms with van der Waals surface area (Å²) in [7, 11) is 0. The van der Waals surface area contributed by atoms with Crippen molar-refractivity contribution in [1.29, 1.82) is 5.26 Å². The van der Waals surface area contributed by atoms with Crippen LogP contribution in [0.15, 0.2) is 0 Å². The molecular formula is C9H12ClNO2. The molecule has 0 heterocycles. The molecule has 4 heteroatoms. The summed E-state index contributed by atoms with van der Waals surface area (Å²) in [6.45, 7) is 0. The first-order valence-electron chi connectivity index (χ1n) is 4.43. The first-order chi connectivity index (χ1) is 6.27. The van der Waals surface area contributed by atoms with Gasteiger partial charge < -0.3 is 4.74 Å². The van der Waals surface area contributed by atoms with Gasteiger partial charge in [-0.05, 0) is 19.3 Å². The highest BCUT2D eigenvalue weighted by atomic mass is 35.5. The van der Waals surface area contributed by atoms with Crippen LogP contribution in [-0.2, 0) is 9.53 Å². The third-order valence-electron chi connectivity index (χ3n) is 2.26. The summed E-state index contributed by atoms with van der Waals surface area (Å²) in [6, 6.07) is 2.16. The quantitative estimate of drug-likeness (QED) is 0.506. The predicted octanol–water partition coefficient (Wildman–Crippen LogP) is 1.85. The van der Waals surface area contributed by atoms with Crippen molar-refractivity contribution in [1.82, 2.24) is 0 Å². The standard InChI is InChI=1S/C9H12ClNO2/c10-5-9(12)13-8-4-2-1-3-7(8)6-11/h7-8H,1-5H2/t7-,8+/m0/s1. The van der Waals surface area contributed by atoms with Gasteiger partial charge in [-0.15, -0.1) is 11.6 Å². The number of alkyl halides is 1. The maximum absolute atomic E-state index is 10.9. The topological polar surface area (TPSA) is 50.1 Å². The monoisotopic (exact) mass is 201 g/mol. The van der Waals surface area contributed by atoms with E-state index < -0.39 is 5.97 Å². The van der Waals surface area contributed by atoms with Gasteiger partial charge in [-0.25, -0.2) is 0 Å². The van der Waals surface area contributed by atoms with E-state index in [-0.39, 0.29) is 17.9 Å². The van der Waals surface area contributed by atoms with Crippen LogP contribution in [0.2, 0.25) is 0 Å². The van der Waals surface area contributed by atoms with Gasteiger partial charge >= 0.3 is 5.97 Å². The minimum absolute atomic E-state index is 0.130. The SMILES string of the molecule is N#C[C@@H]1CCCC[C@H]1OC(=O)CCl. The van der Waals surface area contributed by atoms with Crippen molar-refractivity contribution < 1.29 is 9.53 Å². The van der Waals surface area contributed by atoms with Crippen molar-refractivity contribution in [3.63, 3.8) is 0 Å². The fraction of sp³-hybridized carbons (Fsp3) is 0.778. The van der Waals surface area contributed by atoms with E-state index in [4.69, 9.17) is 21.6 Å². The Morgan fingerprint density at radius 2 is 2.23 bits per heavy atom. The zero-order chi connectivity index (χ0) is 9.68. The van der Waals surface area contributed by atoms with E-state index in [1.54, 1.807) is 0 Å². The number of nitriles is 1. The van der Waals surface area contributed by atoms with E-state index in [1.165, 1.54) is 0 Å². The number of rotatable bonds is 2. The van der Waals surface area contributed by atoms with Gasteiger partial charge in [-0.1, -0.05) is 6.42 Å². The molecule has 0 bridgehead atoms. The van der Waals surface area contributed by atoms with Crippen LogP contribution in [0, 0.1) is 17.2 Å². The Bertz CT molecular complexity index is 224. The summed E-state index contributed by atoms with van der Waals surface area (Å²) in [5.41, 5.74) is 0. The number of halogens is 1. The van der Waals surface area contributed by atoms with Gasteiger partial charge in [-0.2, -0.15) is 5.26 Å². The van der Waals surface area contributed by atoms with Gasteiger partial charge in [0.05, 0.1) is 12.0 Å². The number of carbonyl (C=O) groups excluding carboxylic acids is 1. The molecule has 0 aromatic rings. The summed E-state index contributed by atoms with van der Waals surface area (Å²) in [5, 5.41) is 8.77. The molecule has 0 radical (unpaired) electrons. The number of esters is 1. The zero-order valence-electron chi connectivity index (χ0n) is 7.33. The van der Waals surface area contributed by atoms with Gasteiger partial charge in [0, 0.05) is 0 Å². The molecule has 0 aromatic heterocycles. The Morgan fingerprint density at radius 3 is 2.85 bits per heavy atom. The molecule has 1 aliphatic carbocycles. The van der Waals surface area contributed by atoms with Gasteiger partial charge in [0.1, 0.15) is 12.0 Å². The molecule has 0 unspecified atom stereocenters. The number of hydrogen-bond donors (Lipinski definition) is 0. The molecule has 3 nitrogen and oxygen atoms in total. The highest BCUT2D eigenvalue weighted by Crippen LogP contribution is 2.26. The molecule has 0 amide bonds. The van der Waals surface area contributed by atoms with E-state index in [1.807, 2.05) is 0 Å². The third-order valence-corrected chi connectivity index (χ3v) is 2.48. The van der Waals surface area contributed by atoms with Crippen LogP contribution in [0.1, 0.15) is 25.7 Å². The maximum Gasteiger partial charge on any atom is 0.321 e. The van der Waals surface area contributed by atoms with E-state index in [0.717, 1.165) is 25.7 Å². The zero-order valence-corrected chi connectivity index (χ0v) is 8.09. The van der Waals surface area contributed by atoms with Crippen LogP contribution in [0.3, 0.4) is 0 Å². The molecule has 1 rings (SSSR count). The first-order valence-corrected chi connectivity index (χ1v) is 4.96. The van der Waals surface area contributed by atoms with Crippen molar-refractivity contribution >= 4 is 17.6 Å². The van der Waals surface area contributed by atoms with Gasteiger partial charge in [0.15, 0.2) is 0 Å². The lowest BCUT2D eigenvalue weighted by Crippen LogP contribution is -2.29. The Balaban J connectivity index is 2.46. The maximum atomic E-state index is 10.9. The predicted molar refractivity (Wildman–Crippen MR) is 48.2 cm³/mol. The van der Waals surface area contributed by atoms with E-state index >= 15 is 0 Å². The van der Waals surface area contributed by atoms with Crippen LogP contribution in [-0.4, -0.2) is 18.0 Å². The van der Waals surface area contributed by atoms with Gasteiger partial charge in [-0.3, -0.25) is 4.79 Å². The Kier molecular flexibility index (Phi) is 4.04. The van der Waals surface area contributed by atoms with E-state index in [2.05, 4.69) is 6.07 Å². The summed E-state index contributed by atoms with van der Waals surface area (Å²) < 4.78 is 5.05. The highest BCUT2D eigenvalue weighted by molar-refractivity contribution is 6.26. The molecule has 0 aliphatic heterocycles. The molecule has 1 saturated carbocycles. The second-order valence-corrected chi connectivity index (χ2v) is 3.45. The summed E-state index contributed by atoms with van der Waals surface area (Å²) in [6.07, 6.45) is 3.47. The molecule has 0 N–H and O–H groups in total. The average molecular weight is 202 g/mol. The van der Waals surface area contributed by atoms with Gasteiger partial charge in [0.2, 0.25) is 0 Å². The number of hydrogen-bond acceptors (Lipinski definition) is 3. The molecule has 1 fully saturated rings. The molecule has 13 heavy (non-hydrogen) atoms. The third kappa shape index (κ3) is 2.89. The summed E-state index contributed by atoms with van der Waals surface area (Å²) in [5.74, 6) is -0.691.